The van der Waals surface area contributed by atoms with Gasteiger partial charge in [-0.05, 0) is 43.3 Å². The van der Waals surface area contributed by atoms with Gasteiger partial charge in [-0.3, -0.25) is 0 Å². The van der Waals surface area contributed by atoms with Gasteiger partial charge in [0.2, 0.25) is 0 Å². The summed E-state index contributed by atoms with van der Waals surface area (Å²) in [4.78, 5) is 0. The molecule has 1 aliphatic rings. The van der Waals surface area contributed by atoms with Crippen LogP contribution in [0.15, 0.2) is 30.3 Å². The molecule has 0 fully saturated rings. The van der Waals surface area contributed by atoms with Crippen LogP contribution in [0.5, 0.6) is 5.75 Å². The predicted octanol–water partition coefficient (Wildman–Crippen LogP) is 4.49. The molecule has 1 heterocycles. The molecule has 0 radical (unpaired) electrons. The van der Waals surface area contributed by atoms with Crippen LogP contribution in [-0.2, 0) is 6.42 Å². The van der Waals surface area contributed by atoms with Crippen LogP contribution in [0.3, 0.4) is 0 Å². The second kappa shape index (κ2) is 5.88. The van der Waals surface area contributed by atoms with Gasteiger partial charge in [-0.1, -0.05) is 35.3 Å². The minimum atomic E-state index is 0.177. The Morgan fingerprint density at radius 2 is 2.00 bits per heavy atom. The molecule has 0 aromatic heterocycles. The molecule has 1 unspecified atom stereocenters. The van der Waals surface area contributed by atoms with Crippen LogP contribution in [0, 0.1) is 6.92 Å². The number of hydrogen-bond donors (Lipinski definition) is 1. The lowest BCUT2D eigenvalue weighted by Crippen LogP contribution is -2.27. The maximum Gasteiger partial charge on any atom is 0.131 e. The van der Waals surface area contributed by atoms with Crippen molar-refractivity contribution in [2.45, 2.75) is 19.4 Å². The highest BCUT2D eigenvalue weighted by Crippen LogP contribution is 2.42. The molecule has 0 spiro atoms. The van der Waals surface area contributed by atoms with Crippen molar-refractivity contribution >= 4 is 23.2 Å². The summed E-state index contributed by atoms with van der Waals surface area (Å²) in [7, 11) is 1.94. The first-order chi connectivity index (χ1) is 10.1. The third-order valence-corrected chi connectivity index (χ3v) is 4.24. The summed E-state index contributed by atoms with van der Waals surface area (Å²) in [5.41, 5.74) is 4.47. The molecule has 1 atom stereocenters. The Morgan fingerprint density at radius 1 is 1.19 bits per heavy atom. The first-order valence-electron chi connectivity index (χ1n) is 6.98. The zero-order valence-corrected chi connectivity index (χ0v) is 13.6. The Kier molecular flexibility index (Phi) is 4.12. The molecule has 2 aromatic carbocycles. The molecule has 0 aliphatic carbocycles. The Bertz CT molecular complexity index is 685. The molecule has 1 aliphatic heterocycles. The maximum absolute atomic E-state index is 6.36. The van der Waals surface area contributed by atoms with E-state index in [1.165, 1.54) is 11.1 Å². The van der Waals surface area contributed by atoms with Gasteiger partial charge in [0.25, 0.3) is 0 Å². The second-order valence-corrected chi connectivity index (χ2v) is 6.27. The summed E-state index contributed by atoms with van der Waals surface area (Å²) >= 11 is 12.4. The van der Waals surface area contributed by atoms with Crippen molar-refractivity contribution in [2.75, 3.05) is 13.6 Å². The molecule has 2 aromatic rings. The molecular formula is C17H17Cl2NO. The number of ether oxygens (including phenoxy) is 1. The molecule has 4 heteroatoms. The van der Waals surface area contributed by atoms with Gasteiger partial charge in [0, 0.05) is 29.1 Å². The van der Waals surface area contributed by atoms with Crippen molar-refractivity contribution in [3.8, 4) is 16.9 Å². The lowest BCUT2D eigenvalue weighted by atomic mass is 9.98. The van der Waals surface area contributed by atoms with E-state index in [9.17, 15) is 0 Å². The minimum Gasteiger partial charge on any atom is -0.488 e. The van der Waals surface area contributed by atoms with Crippen LogP contribution in [-0.4, -0.2) is 19.7 Å². The predicted molar refractivity (Wildman–Crippen MR) is 88.7 cm³/mol. The first kappa shape index (κ1) is 14.7. The first-order valence-corrected chi connectivity index (χ1v) is 7.74. The van der Waals surface area contributed by atoms with Gasteiger partial charge in [-0.2, -0.15) is 0 Å². The van der Waals surface area contributed by atoms with Gasteiger partial charge in [-0.25, -0.2) is 0 Å². The number of rotatable bonds is 3. The summed E-state index contributed by atoms with van der Waals surface area (Å²) in [6, 6.07) is 9.90. The molecule has 0 saturated carbocycles. The molecule has 3 rings (SSSR count). The van der Waals surface area contributed by atoms with E-state index in [0.717, 1.165) is 29.8 Å². The standard InChI is InChI=1S/C17H17Cl2NO/c1-10-5-11-7-13(9-20-2)21-17(11)15(6-10)14-4-3-12(18)8-16(14)19/h3-6,8,13,20H,7,9H2,1-2H3. The number of fused-ring (bicyclic) bond motifs is 1. The van der Waals surface area contributed by atoms with Gasteiger partial charge in [0.1, 0.15) is 11.9 Å². The molecular weight excluding hydrogens is 305 g/mol. The topological polar surface area (TPSA) is 21.3 Å². The molecule has 21 heavy (non-hydrogen) atoms. The summed E-state index contributed by atoms with van der Waals surface area (Å²) < 4.78 is 6.12. The van der Waals surface area contributed by atoms with Crippen molar-refractivity contribution in [1.82, 2.24) is 5.32 Å². The number of likely N-dealkylation sites (N-methyl/N-ethyl adjacent to an activating group) is 1. The van der Waals surface area contributed by atoms with Crippen LogP contribution in [0.1, 0.15) is 11.1 Å². The fraction of sp³-hybridized carbons (Fsp3) is 0.294. The Morgan fingerprint density at radius 3 is 2.71 bits per heavy atom. The number of hydrogen-bond acceptors (Lipinski definition) is 2. The fourth-order valence-electron chi connectivity index (χ4n) is 2.84. The number of aryl methyl sites for hydroxylation is 1. The quantitative estimate of drug-likeness (QED) is 0.899. The van der Waals surface area contributed by atoms with Crippen LogP contribution in [0.25, 0.3) is 11.1 Å². The molecule has 0 saturated heterocycles. The van der Waals surface area contributed by atoms with Crippen molar-refractivity contribution in [3.63, 3.8) is 0 Å². The zero-order chi connectivity index (χ0) is 15.0. The second-order valence-electron chi connectivity index (χ2n) is 5.43. The molecule has 2 nitrogen and oxygen atoms in total. The van der Waals surface area contributed by atoms with Crippen LogP contribution >= 0.6 is 23.2 Å². The number of nitrogens with one attached hydrogen (secondary N) is 1. The highest BCUT2D eigenvalue weighted by Gasteiger charge is 2.26. The summed E-state index contributed by atoms with van der Waals surface area (Å²) in [6.45, 7) is 2.93. The van der Waals surface area contributed by atoms with Gasteiger partial charge in [0.15, 0.2) is 0 Å². The summed E-state index contributed by atoms with van der Waals surface area (Å²) in [5.74, 6) is 0.949. The third-order valence-electron chi connectivity index (χ3n) is 3.70. The highest BCUT2D eigenvalue weighted by molar-refractivity contribution is 6.36. The fourth-order valence-corrected chi connectivity index (χ4v) is 3.35. The third kappa shape index (κ3) is 2.89. The van der Waals surface area contributed by atoms with Crippen molar-refractivity contribution in [3.05, 3.63) is 51.5 Å². The summed E-state index contributed by atoms with van der Waals surface area (Å²) in [5, 5.41) is 4.46. The van der Waals surface area contributed by atoms with Gasteiger partial charge < -0.3 is 10.1 Å². The van der Waals surface area contributed by atoms with Gasteiger partial charge in [0.05, 0.1) is 5.02 Å². The smallest absolute Gasteiger partial charge is 0.131 e. The van der Waals surface area contributed by atoms with E-state index in [-0.39, 0.29) is 6.10 Å². The lowest BCUT2D eigenvalue weighted by Gasteiger charge is -2.14. The number of benzene rings is 2. The van der Waals surface area contributed by atoms with Crippen LogP contribution in [0.2, 0.25) is 10.0 Å². The van der Waals surface area contributed by atoms with Crippen LogP contribution in [0.4, 0.5) is 0 Å². The number of halogens is 2. The summed E-state index contributed by atoms with van der Waals surface area (Å²) in [6.07, 6.45) is 1.10. The van der Waals surface area contributed by atoms with Crippen molar-refractivity contribution in [1.29, 1.82) is 0 Å². The van der Waals surface area contributed by atoms with E-state index in [1.807, 2.05) is 19.2 Å². The van der Waals surface area contributed by atoms with E-state index in [0.29, 0.717) is 10.0 Å². The van der Waals surface area contributed by atoms with Crippen molar-refractivity contribution < 1.29 is 4.74 Å². The van der Waals surface area contributed by atoms with E-state index in [2.05, 4.69) is 24.4 Å². The van der Waals surface area contributed by atoms with Gasteiger partial charge >= 0.3 is 0 Å². The molecule has 1 N–H and O–H groups in total. The SMILES string of the molecule is CNCC1Cc2cc(C)cc(-c3ccc(Cl)cc3Cl)c2O1. The monoisotopic (exact) mass is 321 g/mol. The minimum absolute atomic E-state index is 0.177. The highest BCUT2D eigenvalue weighted by atomic mass is 35.5. The maximum atomic E-state index is 6.36. The Balaban J connectivity index is 2.08. The van der Waals surface area contributed by atoms with E-state index in [4.69, 9.17) is 27.9 Å². The van der Waals surface area contributed by atoms with Gasteiger partial charge in [-0.15, -0.1) is 0 Å². The van der Waals surface area contributed by atoms with Crippen LogP contribution < -0.4 is 10.1 Å². The Labute approximate surface area is 135 Å². The van der Waals surface area contributed by atoms with E-state index in [1.54, 1.807) is 6.07 Å². The Hall–Kier alpha value is -1.22. The largest absolute Gasteiger partial charge is 0.488 e. The van der Waals surface area contributed by atoms with E-state index >= 15 is 0 Å². The van der Waals surface area contributed by atoms with E-state index < -0.39 is 0 Å². The molecule has 110 valence electrons. The van der Waals surface area contributed by atoms with Crippen molar-refractivity contribution in [2.24, 2.45) is 0 Å². The normalized spacial score (nSPS) is 16.7. The average molecular weight is 322 g/mol. The molecule has 0 bridgehead atoms. The lowest BCUT2D eigenvalue weighted by molar-refractivity contribution is 0.232. The average Bonchev–Trinajstić information content (AvgIpc) is 2.81. The zero-order valence-electron chi connectivity index (χ0n) is 12.0. The molecule has 0 amide bonds.